The van der Waals surface area contributed by atoms with Crippen LogP contribution in [0, 0.1) is 6.92 Å². The molecular weight excluding hydrogens is 284 g/mol. The van der Waals surface area contributed by atoms with Crippen molar-refractivity contribution in [3.05, 3.63) is 32.7 Å². The maximum Gasteiger partial charge on any atom is 0.134 e. The van der Waals surface area contributed by atoms with E-state index in [9.17, 15) is 0 Å². The second-order valence-corrected chi connectivity index (χ2v) is 5.56. The van der Waals surface area contributed by atoms with Gasteiger partial charge in [-0.2, -0.15) is 5.10 Å². The quantitative estimate of drug-likeness (QED) is 0.656. The number of methoxy groups -OCH3 is 1. The molecule has 0 saturated carbocycles. The molecule has 0 radical (unpaired) electrons. The van der Waals surface area contributed by atoms with Crippen molar-refractivity contribution >= 4 is 22.9 Å². The summed E-state index contributed by atoms with van der Waals surface area (Å²) in [6, 6.07) is 1.89. The molecule has 0 spiro atoms. The second-order valence-electron chi connectivity index (χ2n) is 4.25. The van der Waals surface area contributed by atoms with E-state index in [0.717, 1.165) is 21.9 Å². The second kappa shape index (κ2) is 5.92. The minimum absolute atomic E-state index is 0.0460. The summed E-state index contributed by atoms with van der Waals surface area (Å²) in [5, 5.41) is 6.94. The molecule has 0 saturated heterocycles. The van der Waals surface area contributed by atoms with Crippen LogP contribution in [0.2, 0.25) is 5.15 Å². The number of rotatable bonds is 5. The normalized spacial score (nSPS) is 12.7. The molecule has 2 aromatic rings. The number of nitrogens with zero attached hydrogens (tertiary/aromatic N) is 2. The van der Waals surface area contributed by atoms with Gasteiger partial charge < -0.3 is 4.74 Å². The lowest BCUT2D eigenvalue weighted by Crippen LogP contribution is -2.29. The summed E-state index contributed by atoms with van der Waals surface area (Å²) in [4.78, 5) is 1.06. The number of hydrazine groups is 1. The molecule has 7 heteroatoms. The summed E-state index contributed by atoms with van der Waals surface area (Å²) in [6.45, 7) is 1.94. The zero-order valence-electron chi connectivity index (χ0n) is 11.1. The number of aryl methyl sites for hydroxylation is 2. The molecule has 104 valence electrons. The van der Waals surface area contributed by atoms with Crippen molar-refractivity contribution in [3.8, 4) is 5.75 Å². The molecule has 1 atom stereocenters. The topological polar surface area (TPSA) is 65.1 Å². The third-order valence-corrected chi connectivity index (χ3v) is 4.56. The van der Waals surface area contributed by atoms with Crippen LogP contribution in [0.15, 0.2) is 11.4 Å². The SMILES string of the molecule is COc1ccsc1C(Cc1c(C)nn(C)c1Cl)NN. The molecule has 5 nitrogen and oxygen atoms in total. The minimum Gasteiger partial charge on any atom is -0.496 e. The molecule has 0 bridgehead atoms. The fraction of sp³-hybridized carbons (Fsp3) is 0.417. The van der Waals surface area contributed by atoms with Crippen LogP contribution in [0.3, 0.4) is 0 Å². The van der Waals surface area contributed by atoms with E-state index in [1.165, 1.54) is 0 Å². The van der Waals surface area contributed by atoms with E-state index >= 15 is 0 Å². The number of hydrogen-bond donors (Lipinski definition) is 2. The highest BCUT2D eigenvalue weighted by Crippen LogP contribution is 2.34. The van der Waals surface area contributed by atoms with Crippen LogP contribution in [-0.2, 0) is 13.5 Å². The van der Waals surface area contributed by atoms with Gasteiger partial charge in [-0.3, -0.25) is 16.0 Å². The molecule has 2 heterocycles. The van der Waals surface area contributed by atoms with Crippen LogP contribution in [0.5, 0.6) is 5.75 Å². The predicted octanol–water partition coefficient (Wildman–Crippen LogP) is 2.20. The zero-order chi connectivity index (χ0) is 14.0. The van der Waals surface area contributed by atoms with Gasteiger partial charge in [0.2, 0.25) is 0 Å². The molecule has 1 unspecified atom stereocenters. The molecule has 0 aliphatic rings. The first-order chi connectivity index (χ1) is 9.08. The highest BCUT2D eigenvalue weighted by molar-refractivity contribution is 7.10. The van der Waals surface area contributed by atoms with E-state index < -0.39 is 0 Å². The summed E-state index contributed by atoms with van der Waals surface area (Å²) >= 11 is 7.86. The summed E-state index contributed by atoms with van der Waals surface area (Å²) in [5.74, 6) is 6.51. The van der Waals surface area contributed by atoms with Gasteiger partial charge >= 0.3 is 0 Å². The largest absolute Gasteiger partial charge is 0.496 e. The fourth-order valence-corrected chi connectivity index (χ4v) is 3.24. The smallest absolute Gasteiger partial charge is 0.134 e. The third kappa shape index (κ3) is 2.76. The van der Waals surface area contributed by atoms with Crippen molar-refractivity contribution in [1.29, 1.82) is 0 Å². The summed E-state index contributed by atoms with van der Waals surface area (Å²) in [5.41, 5.74) is 4.75. The Morgan fingerprint density at radius 2 is 2.37 bits per heavy atom. The van der Waals surface area contributed by atoms with Crippen LogP contribution >= 0.6 is 22.9 Å². The van der Waals surface area contributed by atoms with Gasteiger partial charge in [-0.1, -0.05) is 11.6 Å². The monoisotopic (exact) mass is 300 g/mol. The summed E-state index contributed by atoms with van der Waals surface area (Å²) in [7, 11) is 3.48. The van der Waals surface area contributed by atoms with Crippen LogP contribution in [0.4, 0.5) is 0 Å². The van der Waals surface area contributed by atoms with E-state index in [0.29, 0.717) is 11.6 Å². The average Bonchev–Trinajstić information content (AvgIpc) is 2.95. The molecular formula is C12H17ClN4OS. The summed E-state index contributed by atoms with van der Waals surface area (Å²) in [6.07, 6.45) is 0.672. The Balaban J connectivity index is 2.29. The van der Waals surface area contributed by atoms with Crippen molar-refractivity contribution in [3.63, 3.8) is 0 Å². The van der Waals surface area contributed by atoms with Crippen molar-refractivity contribution < 1.29 is 4.74 Å². The van der Waals surface area contributed by atoms with Crippen LogP contribution in [0.25, 0.3) is 0 Å². The molecule has 0 aliphatic heterocycles. The Bertz CT molecular complexity index is 566. The van der Waals surface area contributed by atoms with Gasteiger partial charge in [0.05, 0.1) is 23.7 Å². The Morgan fingerprint density at radius 3 is 2.89 bits per heavy atom. The van der Waals surface area contributed by atoms with Crippen LogP contribution in [0.1, 0.15) is 22.2 Å². The van der Waals surface area contributed by atoms with E-state index in [2.05, 4.69) is 10.5 Å². The molecule has 0 aliphatic carbocycles. The third-order valence-electron chi connectivity index (χ3n) is 3.07. The first-order valence-electron chi connectivity index (χ1n) is 5.84. The lowest BCUT2D eigenvalue weighted by atomic mass is 10.1. The van der Waals surface area contributed by atoms with E-state index in [1.807, 2.05) is 25.4 Å². The van der Waals surface area contributed by atoms with Crippen molar-refractivity contribution in [2.75, 3.05) is 7.11 Å². The molecule has 3 N–H and O–H groups in total. The molecule has 2 aromatic heterocycles. The Kier molecular flexibility index (Phi) is 4.46. The standard InChI is InChI=1S/C12H17ClN4OS/c1-7-8(12(13)17(2)16-7)6-9(15-14)11-10(18-3)4-5-19-11/h4-5,9,15H,6,14H2,1-3H3. The number of nitrogens with one attached hydrogen (secondary N) is 1. The van der Waals surface area contributed by atoms with Gasteiger partial charge in [0.1, 0.15) is 10.9 Å². The lowest BCUT2D eigenvalue weighted by molar-refractivity contribution is 0.403. The van der Waals surface area contributed by atoms with Gasteiger partial charge in [-0.05, 0) is 24.8 Å². The first-order valence-corrected chi connectivity index (χ1v) is 7.09. The number of halogens is 1. The van der Waals surface area contributed by atoms with Crippen LogP contribution < -0.4 is 16.0 Å². The molecule has 0 amide bonds. The molecule has 0 fully saturated rings. The molecule has 19 heavy (non-hydrogen) atoms. The van der Waals surface area contributed by atoms with Crippen molar-refractivity contribution in [2.45, 2.75) is 19.4 Å². The van der Waals surface area contributed by atoms with E-state index in [1.54, 1.807) is 23.1 Å². The summed E-state index contributed by atoms with van der Waals surface area (Å²) < 4.78 is 7.00. The number of aromatic nitrogens is 2. The zero-order valence-corrected chi connectivity index (χ0v) is 12.7. The number of hydrogen-bond acceptors (Lipinski definition) is 5. The molecule has 2 rings (SSSR count). The highest BCUT2D eigenvalue weighted by atomic mass is 35.5. The van der Waals surface area contributed by atoms with Gasteiger partial charge in [0.25, 0.3) is 0 Å². The van der Waals surface area contributed by atoms with Crippen LogP contribution in [-0.4, -0.2) is 16.9 Å². The van der Waals surface area contributed by atoms with Crippen molar-refractivity contribution in [1.82, 2.24) is 15.2 Å². The highest BCUT2D eigenvalue weighted by Gasteiger charge is 2.21. The average molecular weight is 301 g/mol. The first kappa shape index (κ1) is 14.3. The lowest BCUT2D eigenvalue weighted by Gasteiger charge is -2.16. The number of nitrogens with two attached hydrogens (primary N) is 1. The van der Waals surface area contributed by atoms with E-state index in [4.69, 9.17) is 22.2 Å². The van der Waals surface area contributed by atoms with Crippen molar-refractivity contribution in [2.24, 2.45) is 12.9 Å². The maximum absolute atomic E-state index is 6.25. The van der Waals surface area contributed by atoms with Gasteiger partial charge in [-0.15, -0.1) is 11.3 Å². The number of thiophene rings is 1. The minimum atomic E-state index is -0.0460. The van der Waals surface area contributed by atoms with Gasteiger partial charge in [0, 0.05) is 12.6 Å². The number of ether oxygens (including phenoxy) is 1. The van der Waals surface area contributed by atoms with E-state index in [-0.39, 0.29) is 6.04 Å². The van der Waals surface area contributed by atoms with Gasteiger partial charge in [0.15, 0.2) is 0 Å². The fourth-order valence-electron chi connectivity index (χ4n) is 2.07. The maximum atomic E-state index is 6.25. The Labute approximate surface area is 121 Å². The Morgan fingerprint density at radius 1 is 1.63 bits per heavy atom. The van der Waals surface area contributed by atoms with Gasteiger partial charge in [-0.25, -0.2) is 0 Å². The predicted molar refractivity (Wildman–Crippen MR) is 77.6 cm³/mol. The Hall–Kier alpha value is -1.08. The molecule has 0 aromatic carbocycles.